The van der Waals surface area contributed by atoms with Crippen LogP contribution in [0.25, 0.3) is 5.69 Å². The van der Waals surface area contributed by atoms with Crippen LogP contribution in [-0.4, -0.2) is 51.8 Å². The van der Waals surface area contributed by atoms with Gasteiger partial charge in [-0.2, -0.15) is 5.10 Å². The average molecular weight is 433 g/mol. The number of hydrogen-bond acceptors (Lipinski definition) is 4. The number of hydrogen-bond donors (Lipinski definition) is 1. The highest BCUT2D eigenvalue weighted by molar-refractivity contribution is 5.94. The van der Waals surface area contributed by atoms with Crippen LogP contribution in [0, 0.1) is 6.92 Å². The van der Waals surface area contributed by atoms with Gasteiger partial charge >= 0.3 is 0 Å². The second kappa shape index (κ2) is 9.36. The predicted octanol–water partition coefficient (Wildman–Crippen LogP) is 3.36. The summed E-state index contributed by atoms with van der Waals surface area (Å²) in [5, 5.41) is 7.34. The molecule has 0 aliphatic carbocycles. The quantitative estimate of drug-likeness (QED) is 0.671. The molecule has 7 heteroatoms. The van der Waals surface area contributed by atoms with E-state index in [2.05, 4.69) is 10.4 Å². The number of para-hydroxylation sites is 1. The van der Waals surface area contributed by atoms with Crippen LogP contribution in [0.4, 0.5) is 0 Å². The molecule has 3 aromatic rings. The molecular weight excluding hydrogens is 404 g/mol. The Bertz CT molecular complexity index is 1080. The first-order valence-corrected chi connectivity index (χ1v) is 10.8. The number of nitrogens with zero attached hydrogens (tertiary/aromatic N) is 3. The summed E-state index contributed by atoms with van der Waals surface area (Å²) in [7, 11) is 0. The van der Waals surface area contributed by atoms with Crippen LogP contribution in [0.15, 0.2) is 60.7 Å². The zero-order valence-corrected chi connectivity index (χ0v) is 18.6. The lowest BCUT2D eigenvalue weighted by Crippen LogP contribution is -2.48. The molecule has 2 atom stereocenters. The van der Waals surface area contributed by atoms with E-state index in [1.54, 1.807) is 10.7 Å². The SMILES string of the molecule is Cc1cc(C(=O)NCc2ccc(C(=O)N3CC(C)OC(C)C3)cc2)nn1-c1ccccc1. The highest BCUT2D eigenvalue weighted by atomic mass is 16.5. The van der Waals surface area contributed by atoms with Crippen LogP contribution in [0.5, 0.6) is 0 Å². The third kappa shape index (κ3) is 4.89. The van der Waals surface area contributed by atoms with Gasteiger partial charge in [0.1, 0.15) is 0 Å². The molecule has 0 saturated carbocycles. The standard InChI is InChI=1S/C25H28N4O3/c1-17-13-23(27-29(17)22-7-5-4-6-8-22)24(30)26-14-20-9-11-21(12-10-20)25(31)28-15-18(2)32-19(3)16-28/h4-13,18-19H,14-16H2,1-3H3,(H,26,30). The lowest BCUT2D eigenvalue weighted by Gasteiger charge is -2.35. The molecular formula is C25H28N4O3. The van der Waals surface area contributed by atoms with Crippen molar-refractivity contribution in [2.24, 2.45) is 0 Å². The van der Waals surface area contributed by atoms with E-state index in [0.717, 1.165) is 16.9 Å². The molecule has 1 fully saturated rings. The number of benzene rings is 2. The van der Waals surface area contributed by atoms with Crippen LogP contribution in [-0.2, 0) is 11.3 Å². The molecule has 2 aromatic carbocycles. The van der Waals surface area contributed by atoms with E-state index in [4.69, 9.17) is 4.74 Å². The van der Waals surface area contributed by atoms with Crippen molar-refractivity contribution in [1.82, 2.24) is 20.0 Å². The van der Waals surface area contributed by atoms with Gasteiger partial charge in [0.15, 0.2) is 5.69 Å². The van der Waals surface area contributed by atoms with Crippen LogP contribution in [0.1, 0.15) is 46.0 Å². The summed E-state index contributed by atoms with van der Waals surface area (Å²) < 4.78 is 7.46. The van der Waals surface area contributed by atoms with Crippen molar-refractivity contribution in [3.05, 3.63) is 83.2 Å². The first-order chi connectivity index (χ1) is 15.4. The van der Waals surface area contributed by atoms with Gasteiger partial charge in [-0.15, -0.1) is 0 Å². The van der Waals surface area contributed by atoms with Gasteiger partial charge in [-0.3, -0.25) is 9.59 Å². The molecule has 0 spiro atoms. The molecule has 1 aliphatic rings. The average Bonchev–Trinajstić information content (AvgIpc) is 3.19. The zero-order valence-electron chi connectivity index (χ0n) is 18.6. The van der Waals surface area contributed by atoms with E-state index in [0.29, 0.717) is 30.9 Å². The number of aryl methyl sites for hydroxylation is 1. The highest BCUT2D eigenvalue weighted by Crippen LogP contribution is 2.15. The fraction of sp³-hybridized carbons (Fsp3) is 0.320. The maximum absolute atomic E-state index is 12.8. The summed E-state index contributed by atoms with van der Waals surface area (Å²) >= 11 is 0. The smallest absolute Gasteiger partial charge is 0.272 e. The highest BCUT2D eigenvalue weighted by Gasteiger charge is 2.26. The lowest BCUT2D eigenvalue weighted by molar-refractivity contribution is -0.0586. The maximum Gasteiger partial charge on any atom is 0.272 e. The van der Waals surface area contributed by atoms with Crippen LogP contribution < -0.4 is 5.32 Å². The molecule has 0 bridgehead atoms. The third-order valence-electron chi connectivity index (χ3n) is 5.48. The third-order valence-corrected chi connectivity index (χ3v) is 5.48. The van der Waals surface area contributed by atoms with E-state index < -0.39 is 0 Å². The van der Waals surface area contributed by atoms with Gasteiger partial charge in [0.2, 0.25) is 0 Å². The van der Waals surface area contributed by atoms with E-state index in [1.807, 2.05) is 80.3 Å². The van der Waals surface area contributed by atoms with Crippen LogP contribution in [0.2, 0.25) is 0 Å². The Morgan fingerprint density at radius 3 is 2.34 bits per heavy atom. The molecule has 1 saturated heterocycles. The minimum atomic E-state index is -0.237. The summed E-state index contributed by atoms with van der Waals surface area (Å²) in [5.74, 6) is -0.233. The van der Waals surface area contributed by atoms with E-state index >= 15 is 0 Å². The first-order valence-electron chi connectivity index (χ1n) is 10.8. The van der Waals surface area contributed by atoms with Crippen molar-refractivity contribution in [2.75, 3.05) is 13.1 Å². The number of aromatic nitrogens is 2. The number of rotatable bonds is 5. The van der Waals surface area contributed by atoms with Crippen molar-refractivity contribution < 1.29 is 14.3 Å². The van der Waals surface area contributed by atoms with Gasteiger partial charge < -0.3 is 15.0 Å². The Morgan fingerprint density at radius 2 is 1.69 bits per heavy atom. The Labute approximate surface area is 188 Å². The number of carbonyl (C=O) groups excluding carboxylic acids is 2. The molecule has 7 nitrogen and oxygen atoms in total. The topological polar surface area (TPSA) is 76.5 Å². The predicted molar refractivity (Wildman–Crippen MR) is 122 cm³/mol. The lowest BCUT2D eigenvalue weighted by atomic mass is 10.1. The Kier molecular flexibility index (Phi) is 6.37. The van der Waals surface area contributed by atoms with Crippen molar-refractivity contribution in [3.63, 3.8) is 0 Å². The molecule has 2 unspecified atom stereocenters. The van der Waals surface area contributed by atoms with Gasteiger partial charge in [0, 0.05) is 30.9 Å². The minimum Gasteiger partial charge on any atom is -0.372 e. The van der Waals surface area contributed by atoms with E-state index in [-0.39, 0.29) is 24.0 Å². The molecule has 166 valence electrons. The number of ether oxygens (including phenoxy) is 1. The maximum atomic E-state index is 12.8. The fourth-order valence-electron chi connectivity index (χ4n) is 3.98. The monoisotopic (exact) mass is 432 g/mol. The van der Waals surface area contributed by atoms with E-state index in [9.17, 15) is 9.59 Å². The largest absolute Gasteiger partial charge is 0.372 e. The molecule has 1 aliphatic heterocycles. The van der Waals surface area contributed by atoms with Crippen molar-refractivity contribution >= 4 is 11.8 Å². The van der Waals surface area contributed by atoms with Gasteiger partial charge in [-0.05, 0) is 56.7 Å². The fourth-order valence-corrected chi connectivity index (χ4v) is 3.98. The summed E-state index contributed by atoms with van der Waals surface area (Å²) in [4.78, 5) is 27.2. The van der Waals surface area contributed by atoms with Gasteiger partial charge in [-0.1, -0.05) is 30.3 Å². The van der Waals surface area contributed by atoms with Crippen LogP contribution in [0.3, 0.4) is 0 Å². The summed E-state index contributed by atoms with van der Waals surface area (Å²) in [6.45, 7) is 7.42. The molecule has 1 N–H and O–H groups in total. The summed E-state index contributed by atoms with van der Waals surface area (Å²) in [6.07, 6.45) is 0.0670. The van der Waals surface area contributed by atoms with Crippen molar-refractivity contribution in [2.45, 2.75) is 39.5 Å². The normalized spacial score (nSPS) is 18.4. The molecule has 1 aromatic heterocycles. The summed E-state index contributed by atoms with van der Waals surface area (Å²) in [5.41, 5.74) is 3.72. The van der Waals surface area contributed by atoms with Gasteiger partial charge in [-0.25, -0.2) is 4.68 Å². The summed E-state index contributed by atoms with van der Waals surface area (Å²) in [6, 6.07) is 18.8. The number of amides is 2. The Balaban J connectivity index is 1.36. The van der Waals surface area contributed by atoms with Crippen molar-refractivity contribution in [3.8, 4) is 5.69 Å². The van der Waals surface area contributed by atoms with E-state index in [1.165, 1.54) is 0 Å². The second-order valence-electron chi connectivity index (χ2n) is 8.27. The molecule has 32 heavy (non-hydrogen) atoms. The van der Waals surface area contributed by atoms with Gasteiger partial charge in [0.05, 0.1) is 17.9 Å². The number of morpholine rings is 1. The Morgan fingerprint density at radius 1 is 1.03 bits per heavy atom. The van der Waals surface area contributed by atoms with Crippen LogP contribution >= 0.6 is 0 Å². The van der Waals surface area contributed by atoms with Crippen molar-refractivity contribution in [1.29, 1.82) is 0 Å². The first kappa shape index (κ1) is 21.8. The Hall–Kier alpha value is -3.45. The molecule has 0 radical (unpaired) electrons. The molecule has 2 amide bonds. The number of carbonyl (C=O) groups is 2. The van der Waals surface area contributed by atoms with Gasteiger partial charge in [0.25, 0.3) is 11.8 Å². The molecule has 4 rings (SSSR count). The zero-order chi connectivity index (χ0) is 22.7. The number of nitrogens with one attached hydrogen (secondary N) is 1. The second-order valence-corrected chi connectivity index (χ2v) is 8.27. The minimum absolute atomic E-state index is 0.00418. The molecule has 2 heterocycles.